The predicted molar refractivity (Wildman–Crippen MR) is 91.9 cm³/mol. The van der Waals surface area contributed by atoms with Crippen molar-refractivity contribution in [3.05, 3.63) is 35.9 Å². The van der Waals surface area contributed by atoms with Crippen LogP contribution in [0.3, 0.4) is 0 Å². The van der Waals surface area contributed by atoms with E-state index in [1.54, 1.807) is 0 Å². The second-order valence-corrected chi connectivity index (χ2v) is 6.35. The summed E-state index contributed by atoms with van der Waals surface area (Å²) in [5, 5.41) is 3.42. The van der Waals surface area contributed by atoms with Crippen molar-refractivity contribution in [3.63, 3.8) is 0 Å². The van der Waals surface area contributed by atoms with Crippen molar-refractivity contribution in [3.8, 4) is 0 Å². The third-order valence-corrected chi connectivity index (χ3v) is 4.84. The Balaban J connectivity index is 1.82. The topological polar surface area (TPSA) is 32.3 Å². The van der Waals surface area contributed by atoms with Crippen molar-refractivity contribution in [2.24, 2.45) is 5.92 Å². The number of nitrogens with zero attached hydrogens (tertiary/aromatic N) is 1. The van der Waals surface area contributed by atoms with E-state index in [-0.39, 0.29) is 0 Å². The monoisotopic (exact) mass is 302 g/mol. The fourth-order valence-corrected chi connectivity index (χ4v) is 3.30. The molecular formula is C19H30N2O. The minimum absolute atomic E-state index is 0.331. The highest BCUT2D eigenvalue weighted by molar-refractivity contribution is 5.77. The number of nitrogens with one attached hydrogen (secondary N) is 1. The fraction of sp³-hybridized carbons (Fsp3) is 0.632. The molecule has 0 aliphatic carbocycles. The molecule has 1 N–H and O–H groups in total. The molecule has 1 amide bonds. The van der Waals surface area contributed by atoms with Gasteiger partial charge in [0.2, 0.25) is 5.91 Å². The van der Waals surface area contributed by atoms with Gasteiger partial charge in [-0.25, -0.2) is 0 Å². The molecule has 1 aliphatic rings. The van der Waals surface area contributed by atoms with Crippen LogP contribution in [0.1, 0.15) is 51.0 Å². The first kappa shape index (κ1) is 17.0. The maximum atomic E-state index is 12.6. The van der Waals surface area contributed by atoms with Crippen LogP contribution in [0, 0.1) is 5.92 Å². The zero-order chi connectivity index (χ0) is 15.8. The van der Waals surface area contributed by atoms with Crippen molar-refractivity contribution in [1.29, 1.82) is 0 Å². The van der Waals surface area contributed by atoms with Gasteiger partial charge in [-0.3, -0.25) is 4.79 Å². The number of carbonyl (C=O) groups excluding carboxylic acids is 1. The van der Waals surface area contributed by atoms with Crippen LogP contribution in [0.15, 0.2) is 30.3 Å². The number of likely N-dealkylation sites (tertiary alicyclic amines) is 1. The van der Waals surface area contributed by atoms with Gasteiger partial charge in [-0.1, -0.05) is 44.2 Å². The third kappa shape index (κ3) is 4.84. The Morgan fingerprint density at radius 2 is 1.91 bits per heavy atom. The molecule has 0 bridgehead atoms. The molecule has 1 fully saturated rings. The second-order valence-electron chi connectivity index (χ2n) is 6.35. The molecule has 1 atom stereocenters. The summed E-state index contributed by atoms with van der Waals surface area (Å²) in [5.74, 6) is 1.42. The normalized spacial score (nSPS) is 17.5. The first-order valence-corrected chi connectivity index (χ1v) is 8.78. The van der Waals surface area contributed by atoms with E-state index in [1.165, 1.54) is 5.56 Å². The highest BCUT2D eigenvalue weighted by atomic mass is 16.2. The van der Waals surface area contributed by atoms with Gasteiger partial charge in [0.1, 0.15) is 0 Å². The molecule has 2 rings (SSSR count). The molecule has 3 heteroatoms. The summed E-state index contributed by atoms with van der Waals surface area (Å²) in [7, 11) is 0. The van der Waals surface area contributed by atoms with E-state index in [0.29, 0.717) is 18.2 Å². The maximum Gasteiger partial charge on any atom is 0.223 e. The molecule has 1 aromatic carbocycles. The lowest BCUT2D eigenvalue weighted by molar-refractivity contribution is -0.133. The molecule has 3 nitrogen and oxygen atoms in total. The predicted octanol–water partition coefficient (Wildman–Crippen LogP) is 3.42. The summed E-state index contributed by atoms with van der Waals surface area (Å²) in [5.41, 5.74) is 1.29. The number of piperidine rings is 1. The van der Waals surface area contributed by atoms with Gasteiger partial charge >= 0.3 is 0 Å². The summed E-state index contributed by atoms with van der Waals surface area (Å²) >= 11 is 0. The molecule has 1 heterocycles. The second kappa shape index (κ2) is 8.94. The minimum atomic E-state index is 0.331. The summed E-state index contributed by atoms with van der Waals surface area (Å²) < 4.78 is 0. The average Bonchev–Trinajstić information content (AvgIpc) is 2.58. The zero-order valence-electron chi connectivity index (χ0n) is 14.1. The summed E-state index contributed by atoms with van der Waals surface area (Å²) in [6.45, 7) is 8.31. The summed E-state index contributed by atoms with van der Waals surface area (Å²) in [4.78, 5) is 14.6. The van der Waals surface area contributed by atoms with E-state index in [1.807, 2.05) is 6.07 Å². The zero-order valence-corrected chi connectivity index (χ0v) is 14.1. The van der Waals surface area contributed by atoms with Gasteiger partial charge in [0.25, 0.3) is 0 Å². The number of hydrogen-bond donors (Lipinski definition) is 1. The van der Waals surface area contributed by atoms with E-state index >= 15 is 0 Å². The molecule has 0 saturated carbocycles. The SMILES string of the molecule is CCNCC1CCN(C(=O)CC(CC)c2ccccc2)CC1. The van der Waals surface area contributed by atoms with Crippen LogP contribution in [0.25, 0.3) is 0 Å². The van der Waals surface area contributed by atoms with Crippen LogP contribution in [0.2, 0.25) is 0 Å². The quantitative estimate of drug-likeness (QED) is 0.837. The van der Waals surface area contributed by atoms with Gasteiger partial charge in [0.15, 0.2) is 0 Å². The van der Waals surface area contributed by atoms with Crippen LogP contribution in [-0.2, 0) is 4.79 Å². The molecule has 122 valence electrons. The van der Waals surface area contributed by atoms with Gasteiger partial charge in [-0.05, 0) is 49.8 Å². The molecule has 0 spiro atoms. The van der Waals surface area contributed by atoms with Crippen LogP contribution in [0.4, 0.5) is 0 Å². The van der Waals surface area contributed by atoms with Gasteiger partial charge < -0.3 is 10.2 Å². The Labute approximate surface area is 135 Å². The Morgan fingerprint density at radius 3 is 2.50 bits per heavy atom. The van der Waals surface area contributed by atoms with Crippen molar-refractivity contribution in [1.82, 2.24) is 10.2 Å². The van der Waals surface area contributed by atoms with Crippen molar-refractivity contribution < 1.29 is 4.79 Å². The summed E-state index contributed by atoms with van der Waals surface area (Å²) in [6, 6.07) is 10.4. The summed E-state index contributed by atoms with van der Waals surface area (Å²) in [6.07, 6.45) is 3.95. The van der Waals surface area contributed by atoms with Crippen molar-refractivity contribution >= 4 is 5.91 Å². The van der Waals surface area contributed by atoms with Crippen LogP contribution >= 0.6 is 0 Å². The van der Waals surface area contributed by atoms with Gasteiger partial charge in [0.05, 0.1) is 0 Å². The Bertz CT molecular complexity index is 438. The first-order chi connectivity index (χ1) is 10.7. The smallest absolute Gasteiger partial charge is 0.223 e. The minimum Gasteiger partial charge on any atom is -0.343 e. The molecule has 1 saturated heterocycles. The molecule has 22 heavy (non-hydrogen) atoms. The van der Waals surface area contributed by atoms with E-state index in [0.717, 1.165) is 51.4 Å². The molecule has 0 aromatic heterocycles. The number of benzene rings is 1. The van der Waals surface area contributed by atoms with Crippen molar-refractivity contribution in [2.75, 3.05) is 26.2 Å². The van der Waals surface area contributed by atoms with Crippen molar-refractivity contribution in [2.45, 2.75) is 45.4 Å². The van der Waals surface area contributed by atoms with Gasteiger partial charge in [-0.2, -0.15) is 0 Å². The highest BCUT2D eigenvalue weighted by Gasteiger charge is 2.24. The van der Waals surface area contributed by atoms with E-state index in [9.17, 15) is 4.79 Å². The molecule has 1 aromatic rings. The van der Waals surface area contributed by atoms with Crippen LogP contribution in [0.5, 0.6) is 0 Å². The van der Waals surface area contributed by atoms with E-state index < -0.39 is 0 Å². The number of carbonyl (C=O) groups is 1. The lowest BCUT2D eigenvalue weighted by Gasteiger charge is -2.33. The van der Waals surface area contributed by atoms with Crippen LogP contribution in [-0.4, -0.2) is 37.0 Å². The maximum absolute atomic E-state index is 12.6. The van der Waals surface area contributed by atoms with Crippen LogP contribution < -0.4 is 5.32 Å². The number of hydrogen-bond acceptors (Lipinski definition) is 2. The van der Waals surface area contributed by atoms with Gasteiger partial charge in [-0.15, -0.1) is 0 Å². The Morgan fingerprint density at radius 1 is 1.23 bits per heavy atom. The Hall–Kier alpha value is -1.35. The Kier molecular flexibility index (Phi) is 6.91. The molecule has 1 aliphatic heterocycles. The lowest BCUT2D eigenvalue weighted by Crippen LogP contribution is -2.41. The fourth-order valence-electron chi connectivity index (χ4n) is 3.30. The number of rotatable bonds is 7. The van der Waals surface area contributed by atoms with E-state index in [4.69, 9.17) is 0 Å². The molecular weight excluding hydrogens is 272 g/mol. The first-order valence-electron chi connectivity index (χ1n) is 8.78. The lowest BCUT2D eigenvalue weighted by atomic mass is 9.91. The highest BCUT2D eigenvalue weighted by Crippen LogP contribution is 2.25. The third-order valence-electron chi connectivity index (χ3n) is 4.84. The standard InChI is InChI=1S/C19H30N2O/c1-3-17(18-8-6-5-7-9-18)14-19(22)21-12-10-16(11-13-21)15-20-4-2/h5-9,16-17,20H,3-4,10-15H2,1-2H3. The van der Waals surface area contributed by atoms with Gasteiger partial charge in [0, 0.05) is 19.5 Å². The molecule has 1 unspecified atom stereocenters. The van der Waals surface area contributed by atoms with E-state index in [2.05, 4.69) is 48.3 Å². The number of amides is 1. The average molecular weight is 302 g/mol. The largest absolute Gasteiger partial charge is 0.343 e. The molecule has 0 radical (unpaired) electrons.